The standard InChI is InChI=1S/C25H40O5/c1-2-3-4-5-6-7-8-9-12-15-18-23(27)19-16-13-10-11-14-17-20-25(29)30-22-24(28)21-26/h3-4,6-7,9,12-13,15-16,18,23-24,26-28H,2,5,8,10-11,14,17,19-22H2,1H3. The fourth-order valence-electron chi connectivity index (χ4n) is 2.42. The van der Waals surface area contributed by atoms with E-state index in [1.165, 1.54) is 0 Å². The van der Waals surface area contributed by atoms with E-state index in [0.717, 1.165) is 44.9 Å². The molecule has 2 unspecified atom stereocenters. The Morgan fingerprint density at radius 3 is 2.37 bits per heavy atom. The predicted molar refractivity (Wildman–Crippen MR) is 123 cm³/mol. The number of esters is 1. The first-order valence-corrected chi connectivity index (χ1v) is 11.0. The summed E-state index contributed by atoms with van der Waals surface area (Å²) in [5, 5.41) is 27.6. The van der Waals surface area contributed by atoms with Gasteiger partial charge in [0, 0.05) is 6.42 Å². The Morgan fingerprint density at radius 2 is 1.63 bits per heavy atom. The van der Waals surface area contributed by atoms with Crippen LogP contribution in [0.2, 0.25) is 0 Å². The molecule has 0 rings (SSSR count). The first-order valence-electron chi connectivity index (χ1n) is 11.0. The number of aliphatic hydroxyl groups is 3. The highest BCUT2D eigenvalue weighted by Gasteiger charge is 2.07. The molecule has 0 aromatic rings. The van der Waals surface area contributed by atoms with Crippen LogP contribution in [0, 0.1) is 0 Å². The molecule has 0 aliphatic rings. The molecule has 0 spiro atoms. The van der Waals surface area contributed by atoms with Gasteiger partial charge in [-0.3, -0.25) is 4.79 Å². The minimum absolute atomic E-state index is 0.154. The van der Waals surface area contributed by atoms with Gasteiger partial charge in [-0.05, 0) is 44.9 Å². The smallest absolute Gasteiger partial charge is 0.305 e. The molecule has 3 N–H and O–H groups in total. The fraction of sp³-hybridized carbons (Fsp3) is 0.560. The Bertz CT molecular complexity index is 546. The Labute approximate surface area is 182 Å². The van der Waals surface area contributed by atoms with Gasteiger partial charge in [-0.1, -0.05) is 74.1 Å². The molecule has 0 saturated heterocycles. The van der Waals surface area contributed by atoms with Gasteiger partial charge in [0.25, 0.3) is 0 Å². The predicted octanol–water partition coefficient (Wildman–Crippen LogP) is 4.56. The van der Waals surface area contributed by atoms with Gasteiger partial charge in [-0.25, -0.2) is 0 Å². The summed E-state index contributed by atoms with van der Waals surface area (Å²) in [6.07, 6.45) is 26.2. The van der Waals surface area contributed by atoms with Crippen LogP contribution in [-0.2, 0) is 9.53 Å². The molecule has 5 heteroatoms. The van der Waals surface area contributed by atoms with E-state index < -0.39 is 18.8 Å². The van der Waals surface area contributed by atoms with Crippen LogP contribution in [0.4, 0.5) is 0 Å². The van der Waals surface area contributed by atoms with Crippen molar-refractivity contribution >= 4 is 5.97 Å². The SMILES string of the molecule is CCC=CCC=CCC=CC=CC(O)CC=CCCCCCC(=O)OCC(O)CO. The molecule has 0 aliphatic carbocycles. The molecule has 0 heterocycles. The number of hydrogen-bond acceptors (Lipinski definition) is 5. The van der Waals surface area contributed by atoms with Crippen LogP contribution in [-0.4, -0.2) is 46.7 Å². The van der Waals surface area contributed by atoms with E-state index in [1.54, 1.807) is 6.08 Å². The van der Waals surface area contributed by atoms with Crippen molar-refractivity contribution in [1.82, 2.24) is 0 Å². The number of ether oxygens (including phenoxy) is 1. The Balaban J connectivity index is 3.64. The largest absolute Gasteiger partial charge is 0.463 e. The average Bonchev–Trinajstić information content (AvgIpc) is 2.75. The van der Waals surface area contributed by atoms with Crippen molar-refractivity contribution in [3.05, 3.63) is 60.8 Å². The lowest BCUT2D eigenvalue weighted by atomic mass is 10.1. The van der Waals surface area contributed by atoms with E-state index in [9.17, 15) is 9.90 Å². The highest BCUT2D eigenvalue weighted by Crippen LogP contribution is 2.06. The molecule has 0 amide bonds. The van der Waals surface area contributed by atoms with E-state index in [2.05, 4.69) is 43.4 Å². The number of carbonyl (C=O) groups excluding carboxylic acids is 1. The molecule has 0 aromatic heterocycles. The molecule has 0 radical (unpaired) electrons. The van der Waals surface area contributed by atoms with Crippen LogP contribution in [0.5, 0.6) is 0 Å². The van der Waals surface area contributed by atoms with Crippen LogP contribution in [0.1, 0.15) is 64.7 Å². The van der Waals surface area contributed by atoms with Gasteiger partial charge in [0.05, 0.1) is 12.7 Å². The molecule has 170 valence electrons. The lowest BCUT2D eigenvalue weighted by Gasteiger charge is -2.08. The van der Waals surface area contributed by atoms with Crippen LogP contribution < -0.4 is 0 Å². The van der Waals surface area contributed by atoms with Crippen molar-refractivity contribution in [3.63, 3.8) is 0 Å². The van der Waals surface area contributed by atoms with E-state index in [1.807, 2.05) is 18.2 Å². The summed E-state index contributed by atoms with van der Waals surface area (Å²) in [7, 11) is 0. The van der Waals surface area contributed by atoms with Gasteiger partial charge >= 0.3 is 5.97 Å². The number of hydrogen-bond donors (Lipinski definition) is 3. The lowest BCUT2D eigenvalue weighted by molar-refractivity contribution is -0.147. The fourth-order valence-corrected chi connectivity index (χ4v) is 2.42. The molecule has 0 aliphatic heterocycles. The third-order valence-electron chi connectivity index (χ3n) is 4.14. The van der Waals surface area contributed by atoms with Crippen molar-refractivity contribution in [2.75, 3.05) is 13.2 Å². The Hall–Kier alpha value is -1.95. The molecule has 0 aromatic carbocycles. The minimum Gasteiger partial charge on any atom is -0.463 e. The van der Waals surface area contributed by atoms with E-state index >= 15 is 0 Å². The summed E-state index contributed by atoms with van der Waals surface area (Å²) in [6, 6.07) is 0. The zero-order valence-electron chi connectivity index (χ0n) is 18.4. The number of aliphatic hydroxyl groups excluding tert-OH is 3. The molecule has 0 fully saturated rings. The van der Waals surface area contributed by atoms with Crippen molar-refractivity contribution in [2.45, 2.75) is 76.9 Å². The molecular weight excluding hydrogens is 380 g/mol. The maximum atomic E-state index is 11.4. The topological polar surface area (TPSA) is 87.0 Å². The van der Waals surface area contributed by atoms with E-state index in [0.29, 0.717) is 12.8 Å². The van der Waals surface area contributed by atoms with Crippen molar-refractivity contribution in [1.29, 1.82) is 0 Å². The van der Waals surface area contributed by atoms with Gasteiger partial charge < -0.3 is 20.1 Å². The van der Waals surface area contributed by atoms with Gasteiger partial charge in [0.1, 0.15) is 12.7 Å². The zero-order chi connectivity index (χ0) is 22.3. The maximum Gasteiger partial charge on any atom is 0.305 e. The van der Waals surface area contributed by atoms with Gasteiger partial charge in [-0.15, -0.1) is 0 Å². The quantitative estimate of drug-likeness (QED) is 0.131. The molecular formula is C25H40O5. The Morgan fingerprint density at radius 1 is 0.900 bits per heavy atom. The van der Waals surface area contributed by atoms with Gasteiger partial charge in [-0.2, -0.15) is 0 Å². The zero-order valence-corrected chi connectivity index (χ0v) is 18.4. The summed E-state index contributed by atoms with van der Waals surface area (Å²) in [6.45, 7) is 1.56. The molecule has 2 atom stereocenters. The number of carbonyl (C=O) groups is 1. The summed E-state index contributed by atoms with van der Waals surface area (Å²) in [5.41, 5.74) is 0. The van der Waals surface area contributed by atoms with Crippen LogP contribution in [0.15, 0.2) is 60.8 Å². The van der Waals surface area contributed by atoms with Gasteiger partial charge in [0.2, 0.25) is 0 Å². The summed E-state index contributed by atoms with van der Waals surface area (Å²) < 4.78 is 4.84. The Kier molecular flexibility index (Phi) is 20.3. The lowest BCUT2D eigenvalue weighted by Crippen LogP contribution is -2.21. The molecule has 5 nitrogen and oxygen atoms in total. The monoisotopic (exact) mass is 420 g/mol. The van der Waals surface area contributed by atoms with Crippen molar-refractivity contribution in [2.24, 2.45) is 0 Å². The van der Waals surface area contributed by atoms with Crippen LogP contribution in [0.25, 0.3) is 0 Å². The summed E-state index contributed by atoms with van der Waals surface area (Å²) in [5.74, 6) is -0.345. The van der Waals surface area contributed by atoms with Crippen LogP contribution >= 0.6 is 0 Å². The maximum absolute atomic E-state index is 11.4. The number of unbranched alkanes of at least 4 members (excludes halogenated alkanes) is 3. The third kappa shape index (κ3) is 20.8. The first-order chi connectivity index (χ1) is 14.6. The van der Waals surface area contributed by atoms with E-state index in [4.69, 9.17) is 14.9 Å². The normalized spacial score (nSPS) is 14.7. The third-order valence-corrected chi connectivity index (χ3v) is 4.14. The molecule has 0 saturated carbocycles. The van der Waals surface area contributed by atoms with Crippen LogP contribution in [0.3, 0.4) is 0 Å². The molecule has 30 heavy (non-hydrogen) atoms. The highest BCUT2D eigenvalue weighted by atomic mass is 16.5. The second-order valence-corrected chi connectivity index (χ2v) is 7.03. The number of allylic oxidation sites excluding steroid dienone is 8. The summed E-state index contributed by atoms with van der Waals surface area (Å²) in [4.78, 5) is 11.4. The van der Waals surface area contributed by atoms with Crippen molar-refractivity contribution < 1.29 is 24.9 Å². The first kappa shape index (κ1) is 28.1. The molecule has 0 bridgehead atoms. The van der Waals surface area contributed by atoms with E-state index in [-0.39, 0.29) is 12.6 Å². The number of rotatable bonds is 18. The second kappa shape index (κ2) is 21.8. The minimum atomic E-state index is -1.000. The average molecular weight is 421 g/mol. The highest BCUT2D eigenvalue weighted by molar-refractivity contribution is 5.69. The second-order valence-electron chi connectivity index (χ2n) is 7.03. The van der Waals surface area contributed by atoms with Gasteiger partial charge in [0.15, 0.2) is 0 Å². The van der Waals surface area contributed by atoms with Crippen molar-refractivity contribution in [3.8, 4) is 0 Å². The summed E-state index contributed by atoms with van der Waals surface area (Å²) >= 11 is 0.